The van der Waals surface area contributed by atoms with Crippen molar-refractivity contribution in [2.24, 2.45) is 0 Å². The van der Waals surface area contributed by atoms with Crippen LogP contribution in [0.15, 0.2) is 48.5 Å². The molecule has 0 heterocycles. The van der Waals surface area contributed by atoms with Gasteiger partial charge in [0.25, 0.3) is 5.91 Å². The zero-order valence-corrected chi connectivity index (χ0v) is 16.4. The van der Waals surface area contributed by atoms with Crippen molar-refractivity contribution in [1.82, 2.24) is 0 Å². The van der Waals surface area contributed by atoms with Gasteiger partial charge in [-0.1, -0.05) is 0 Å². The number of esters is 1. The predicted molar refractivity (Wildman–Crippen MR) is 104 cm³/mol. The van der Waals surface area contributed by atoms with E-state index in [1.54, 1.807) is 18.2 Å². The van der Waals surface area contributed by atoms with Crippen LogP contribution in [0.2, 0.25) is 0 Å². The van der Waals surface area contributed by atoms with Crippen LogP contribution in [0.5, 0.6) is 11.5 Å². The van der Waals surface area contributed by atoms with Gasteiger partial charge in [-0.15, -0.1) is 0 Å². The van der Waals surface area contributed by atoms with Gasteiger partial charge in [-0.05, 0) is 55.5 Å². The zero-order valence-electron chi connectivity index (χ0n) is 16.4. The Labute approximate surface area is 171 Å². The summed E-state index contributed by atoms with van der Waals surface area (Å²) < 4.78 is 53.1. The quantitative estimate of drug-likeness (QED) is 0.531. The Morgan fingerprint density at radius 1 is 1.03 bits per heavy atom. The number of halogens is 3. The largest absolute Gasteiger partial charge is 0.497 e. The summed E-state index contributed by atoms with van der Waals surface area (Å²) in [5, 5.41) is 2.39. The van der Waals surface area contributed by atoms with Crippen LogP contribution < -0.4 is 14.8 Å². The van der Waals surface area contributed by atoms with E-state index in [-0.39, 0.29) is 5.69 Å². The molecule has 0 spiro atoms. The molecule has 0 fully saturated rings. The minimum atomic E-state index is -4.47. The molecule has 6 nitrogen and oxygen atoms in total. The van der Waals surface area contributed by atoms with Crippen LogP contribution in [0, 0.1) is 0 Å². The normalized spacial score (nSPS) is 12.3. The Kier molecular flexibility index (Phi) is 7.46. The molecule has 1 unspecified atom stereocenters. The van der Waals surface area contributed by atoms with Crippen molar-refractivity contribution < 1.29 is 37.0 Å². The number of nitrogens with one attached hydrogen (secondary N) is 1. The van der Waals surface area contributed by atoms with Gasteiger partial charge in [-0.2, -0.15) is 13.2 Å². The summed E-state index contributed by atoms with van der Waals surface area (Å²) in [6.45, 7) is 1.34. The highest BCUT2D eigenvalue weighted by atomic mass is 19.4. The van der Waals surface area contributed by atoms with E-state index in [1.165, 1.54) is 27.2 Å². The molecule has 0 aliphatic carbocycles. The lowest BCUT2D eigenvalue weighted by atomic mass is 10.1. The SMILES string of the molecule is COc1ccc(OC)c(/C=C/C(=O)OC(C)C(=O)Nc2ccc(C(F)(F)F)cc2)c1. The fraction of sp³-hybridized carbons (Fsp3) is 0.238. The average Bonchev–Trinajstić information content (AvgIpc) is 2.71. The minimum absolute atomic E-state index is 0.146. The second-order valence-electron chi connectivity index (χ2n) is 6.08. The van der Waals surface area contributed by atoms with Gasteiger partial charge in [0.2, 0.25) is 0 Å². The number of anilines is 1. The highest BCUT2D eigenvalue weighted by Crippen LogP contribution is 2.30. The smallest absolute Gasteiger partial charge is 0.416 e. The number of carbonyl (C=O) groups excluding carboxylic acids is 2. The van der Waals surface area contributed by atoms with Crippen LogP contribution >= 0.6 is 0 Å². The molecular formula is C21H20F3NO5. The average molecular weight is 423 g/mol. The van der Waals surface area contributed by atoms with E-state index in [0.717, 1.165) is 30.3 Å². The molecule has 0 aliphatic heterocycles. The first kappa shape index (κ1) is 22.8. The topological polar surface area (TPSA) is 73.9 Å². The zero-order chi connectivity index (χ0) is 22.3. The van der Waals surface area contributed by atoms with Crippen molar-refractivity contribution in [3.8, 4) is 11.5 Å². The fourth-order valence-electron chi connectivity index (χ4n) is 2.38. The molecule has 1 amide bonds. The second-order valence-corrected chi connectivity index (χ2v) is 6.08. The molecule has 9 heteroatoms. The van der Waals surface area contributed by atoms with Crippen LogP contribution in [-0.2, 0) is 20.5 Å². The lowest BCUT2D eigenvalue weighted by molar-refractivity contribution is -0.148. The predicted octanol–water partition coefficient (Wildman–Crippen LogP) is 4.31. The van der Waals surface area contributed by atoms with Gasteiger partial charge in [0, 0.05) is 17.3 Å². The Hall–Kier alpha value is -3.49. The molecule has 2 rings (SSSR count). The Morgan fingerprint density at radius 3 is 2.27 bits per heavy atom. The van der Waals surface area contributed by atoms with Crippen LogP contribution in [-0.4, -0.2) is 32.2 Å². The van der Waals surface area contributed by atoms with Crippen molar-refractivity contribution >= 4 is 23.6 Å². The van der Waals surface area contributed by atoms with Gasteiger partial charge in [-0.25, -0.2) is 4.79 Å². The van der Waals surface area contributed by atoms with Gasteiger partial charge in [0.1, 0.15) is 11.5 Å². The summed E-state index contributed by atoms with van der Waals surface area (Å²) >= 11 is 0. The number of hydrogen-bond acceptors (Lipinski definition) is 5. The molecule has 0 bridgehead atoms. The summed E-state index contributed by atoms with van der Waals surface area (Å²) in [5.41, 5.74) is -0.124. The second kappa shape index (κ2) is 9.82. The first-order chi connectivity index (χ1) is 14.1. The van der Waals surface area contributed by atoms with Crippen molar-refractivity contribution in [2.45, 2.75) is 19.2 Å². The van der Waals surface area contributed by atoms with E-state index >= 15 is 0 Å². The highest BCUT2D eigenvalue weighted by molar-refractivity contribution is 5.96. The summed E-state index contributed by atoms with van der Waals surface area (Å²) in [5.74, 6) is -0.397. The molecule has 0 aliphatic rings. The molecule has 1 N–H and O–H groups in total. The van der Waals surface area contributed by atoms with Crippen molar-refractivity contribution in [2.75, 3.05) is 19.5 Å². The summed E-state index contributed by atoms with van der Waals surface area (Å²) in [6, 6.07) is 8.94. The molecule has 30 heavy (non-hydrogen) atoms. The van der Waals surface area contributed by atoms with E-state index in [9.17, 15) is 22.8 Å². The molecular weight excluding hydrogens is 403 g/mol. The molecule has 0 radical (unpaired) electrons. The van der Waals surface area contributed by atoms with Gasteiger partial charge in [0.05, 0.1) is 19.8 Å². The number of ether oxygens (including phenoxy) is 3. The minimum Gasteiger partial charge on any atom is -0.497 e. The summed E-state index contributed by atoms with van der Waals surface area (Å²) in [6.07, 6.45) is -3.07. The number of methoxy groups -OCH3 is 2. The molecule has 0 aromatic heterocycles. The molecule has 2 aromatic rings. The number of benzene rings is 2. The number of hydrogen-bond donors (Lipinski definition) is 1. The standard InChI is InChI=1S/C21H20F3NO5/c1-13(20(27)25-16-7-5-15(6-8-16)21(22,23)24)30-19(26)11-4-14-12-17(28-2)9-10-18(14)29-3/h4-13H,1-3H3,(H,25,27)/b11-4+. The highest BCUT2D eigenvalue weighted by Gasteiger charge is 2.30. The van der Waals surface area contributed by atoms with Gasteiger partial charge < -0.3 is 19.5 Å². The van der Waals surface area contributed by atoms with Gasteiger partial charge >= 0.3 is 12.1 Å². The molecule has 160 valence electrons. The third-order valence-electron chi connectivity index (χ3n) is 3.98. The number of rotatable bonds is 7. The van der Waals surface area contributed by atoms with E-state index in [4.69, 9.17) is 14.2 Å². The van der Waals surface area contributed by atoms with E-state index < -0.39 is 29.7 Å². The van der Waals surface area contributed by atoms with E-state index in [0.29, 0.717) is 17.1 Å². The maximum atomic E-state index is 12.6. The molecule has 0 saturated heterocycles. The van der Waals surface area contributed by atoms with Gasteiger partial charge in [-0.3, -0.25) is 4.79 Å². The van der Waals surface area contributed by atoms with Crippen LogP contribution in [0.4, 0.5) is 18.9 Å². The lowest BCUT2D eigenvalue weighted by Crippen LogP contribution is -2.29. The Morgan fingerprint density at radius 2 is 1.70 bits per heavy atom. The van der Waals surface area contributed by atoms with E-state index in [1.807, 2.05) is 0 Å². The van der Waals surface area contributed by atoms with E-state index in [2.05, 4.69) is 5.32 Å². The molecule has 0 saturated carbocycles. The van der Waals surface area contributed by atoms with Crippen molar-refractivity contribution in [1.29, 1.82) is 0 Å². The third-order valence-corrected chi connectivity index (χ3v) is 3.98. The fourth-order valence-corrected chi connectivity index (χ4v) is 2.38. The summed E-state index contributed by atoms with van der Waals surface area (Å²) in [7, 11) is 2.98. The summed E-state index contributed by atoms with van der Waals surface area (Å²) in [4.78, 5) is 24.1. The lowest BCUT2D eigenvalue weighted by Gasteiger charge is -2.13. The third kappa shape index (κ3) is 6.26. The van der Waals surface area contributed by atoms with Gasteiger partial charge in [0.15, 0.2) is 6.10 Å². The van der Waals surface area contributed by atoms with Crippen molar-refractivity contribution in [3.63, 3.8) is 0 Å². The number of amides is 1. The first-order valence-corrected chi connectivity index (χ1v) is 8.73. The van der Waals surface area contributed by atoms with Crippen LogP contribution in [0.25, 0.3) is 6.08 Å². The Bertz CT molecular complexity index is 923. The maximum absolute atomic E-state index is 12.6. The number of alkyl halides is 3. The first-order valence-electron chi connectivity index (χ1n) is 8.73. The molecule has 1 atom stereocenters. The maximum Gasteiger partial charge on any atom is 0.416 e. The van der Waals surface area contributed by atoms with Crippen LogP contribution in [0.3, 0.4) is 0 Å². The number of carbonyl (C=O) groups is 2. The van der Waals surface area contributed by atoms with Crippen LogP contribution in [0.1, 0.15) is 18.1 Å². The monoisotopic (exact) mass is 423 g/mol. The molecule has 2 aromatic carbocycles. The Balaban J connectivity index is 1.97. The van der Waals surface area contributed by atoms with Crippen molar-refractivity contribution in [3.05, 3.63) is 59.7 Å².